The van der Waals surface area contributed by atoms with Crippen LogP contribution in [0.5, 0.6) is 0 Å². The zero-order valence-electron chi connectivity index (χ0n) is 16.0. The molecule has 2 atom stereocenters. The molecule has 3 aromatic rings. The van der Waals surface area contributed by atoms with Gasteiger partial charge >= 0.3 is 0 Å². The van der Waals surface area contributed by atoms with Gasteiger partial charge in [0.15, 0.2) is 5.89 Å². The zero-order chi connectivity index (χ0) is 19.3. The van der Waals surface area contributed by atoms with E-state index < -0.39 is 0 Å². The molecule has 3 N–H and O–H groups in total. The fraction of sp³-hybridized carbons (Fsp3) is 0.273. The van der Waals surface area contributed by atoms with Gasteiger partial charge in [-0.1, -0.05) is 31.4 Å². The third kappa shape index (κ3) is 3.10. The summed E-state index contributed by atoms with van der Waals surface area (Å²) in [5, 5.41) is 3.49. The van der Waals surface area contributed by atoms with Crippen LogP contribution in [-0.2, 0) is 0 Å². The lowest BCUT2D eigenvalue weighted by Gasteiger charge is -2.17. The molecule has 27 heavy (non-hydrogen) atoms. The molecule has 0 saturated heterocycles. The number of benzene rings is 1. The number of hydrogen-bond donors (Lipinski definition) is 2. The van der Waals surface area contributed by atoms with Crippen LogP contribution in [0.25, 0.3) is 16.9 Å². The predicted molar refractivity (Wildman–Crippen MR) is 109 cm³/mol. The van der Waals surface area contributed by atoms with Gasteiger partial charge in [-0.25, -0.2) is 9.97 Å². The molecular weight excluding hydrogens is 336 g/mol. The average Bonchev–Trinajstić information content (AvgIpc) is 3.32. The molecule has 0 bridgehead atoms. The molecule has 0 amide bonds. The second-order valence-corrected chi connectivity index (χ2v) is 7.37. The topological polar surface area (TPSA) is 77.0 Å². The molecule has 1 saturated carbocycles. The van der Waals surface area contributed by atoms with Gasteiger partial charge in [-0.2, -0.15) is 0 Å². The third-order valence-electron chi connectivity index (χ3n) is 5.22. The summed E-state index contributed by atoms with van der Waals surface area (Å²) >= 11 is 0. The number of aryl methyl sites for hydroxylation is 3. The Balaban J connectivity index is 1.77. The molecule has 2 aromatic heterocycles. The van der Waals surface area contributed by atoms with E-state index in [1.54, 1.807) is 0 Å². The Bertz CT molecular complexity index is 1060. The van der Waals surface area contributed by atoms with E-state index in [-0.39, 0.29) is 11.8 Å². The summed E-state index contributed by atoms with van der Waals surface area (Å²) in [6.07, 6.45) is 0.949. The highest BCUT2D eigenvalue weighted by Gasteiger charge is 2.42. The van der Waals surface area contributed by atoms with Crippen molar-refractivity contribution in [3.05, 3.63) is 71.4 Å². The second-order valence-electron chi connectivity index (χ2n) is 7.37. The lowest BCUT2D eigenvalue weighted by molar-refractivity contribution is 0.550. The highest BCUT2D eigenvalue weighted by atomic mass is 16.4. The molecule has 0 radical (unpaired) electrons. The van der Waals surface area contributed by atoms with Gasteiger partial charge in [0.05, 0.1) is 5.69 Å². The standard InChI is InChI=1S/C22H24N4O/c1-11-7-6-8-12(2)20(11)24-14(4)17-10-19-22(27-15(5)25-19)26-21(17)18-9-16(18)13(3)23/h6-8,10,16,18,24H,3-4,9,23H2,1-2,5H3. The number of nitrogens with zero attached hydrogens (tertiary/aromatic N) is 2. The Morgan fingerprint density at radius 2 is 1.89 bits per heavy atom. The number of fused-ring (bicyclic) bond motifs is 1. The van der Waals surface area contributed by atoms with E-state index in [1.807, 2.05) is 13.0 Å². The zero-order valence-corrected chi connectivity index (χ0v) is 16.0. The quantitative estimate of drug-likeness (QED) is 0.683. The maximum absolute atomic E-state index is 5.94. The summed E-state index contributed by atoms with van der Waals surface area (Å²) in [7, 11) is 0. The summed E-state index contributed by atoms with van der Waals surface area (Å²) in [4.78, 5) is 9.20. The fourth-order valence-electron chi connectivity index (χ4n) is 3.65. The van der Waals surface area contributed by atoms with Crippen LogP contribution in [0.3, 0.4) is 0 Å². The van der Waals surface area contributed by atoms with Crippen molar-refractivity contribution in [3.8, 4) is 0 Å². The number of rotatable bonds is 5. The van der Waals surface area contributed by atoms with Crippen LogP contribution in [0.2, 0.25) is 0 Å². The Hall–Kier alpha value is -3.08. The van der Waals surface area contributed by atoms with Crippen molar-refractivity contribution in [3.63, 3.8) is 0 Å². The summed E-state index contributed by atoms with van der Waals surface area (Å²) in [5.74, 6) is 1.10. The maximum atomic E-state index is 5.94. The Morgan fingerprint density at radius 1 is 1.19 bits per heavy atom. The van der Waals surface area contributed by atoms with Crippen molar-refractivity contribution in [2.75, 3.05) is 5.32 Å². The fourth-order valence-corrected chi connectivity index (χ4v) is 3.65. The number of para-hydroxylation sites is 1. The van der Waals surface area contributed by atoms with Crippen molar-refractivity contribution in [1.29, 1.82) is 0 Å². The van der Waals surface area contributed by atoms with Crippen molar-refractivity contribution >= 4 is 22.6 Å². The van der Waals surface area contributed by atoms with Gasteiger partial charge in [-0.05, 0) is 37.5 Å². The SMILES string of the molecule is C=C(Nc1c(C)cccc1C)c1cc2nc(C)oc2nc1C1CC1C(=C)N. The number of aromatic nitrogens is 2. The van der Waals surface area contributed by atoms with Crippen LogP contribution < -0.4 is 11.1 Å². The number of nitrogens with two attached hydrogens (primary N) is 1. The minimum Gasteiger partial charge on any atom is -0.423 e. The summed E-state index contributed by atoms with van der Waals surface area (Å²) in [6, 6.07) is 8.23. The number of pyridine rings is 1. The molecule has 5 nitrogen and oxygen atoms in total. The van der Waals surface area contributed by atoms with Crippen LogP contribution in [0, 0.1) is 26.7 Å². The lowest BCUT2D eigenvalue weighted by Crippen LogP contribution is -2.06. The van der Waals surface area contributed by atoms with Crippen LogP contribution in [0.1, 0.15) is 40.6 Å². The molecule has 1 aliphatic rings. The van der Waals surface area contributed by atoms with Crippen molar-refractivity contribution < 1.29 is 4.42 Å². The molecule has 1 aromatic carbocycles. The van der Waals surface area contributed by atoms with Crippen LogP contribution in [0.4, 0.5) is 5.69 Å². The number of anilines is 1. The number of nitrogens with one attached hydrogen (secondary N) is 1. The Kier molecular flexibility index (Phi) is 4.02. The first-order valence-corrected chi connectivity index (χ1v) is 9.10. The van der Waals surface area contributed by atoms with Gasteiger partial charge in [0.2, 0.25) is 5.71 Å². The van der Waals surface area contributed by atoms with Gasteiger partial charge in [-0.3, -0.25) is 0 Å². The van der Waals surface area contributed by atoms with Crippen LogP contribution >= 0.6 is 0 Å². The predicted octanol–water partition coefficient (Wildman–Crippen LogP) is 4.81. The second kappa shape index (κ2) is 6.27. The minimum absolute atomic E-state index is 0.240. The molecule has 5 heteroatoms. The van der Waals surface area contributed by atoms with Crippen LogP contribution in [0.15, 0.2) is 47.5 Å². The summed E-state index contributed by atoms with van der Waals surface area (Å²) in [5.41, 5.74) is 14.0. The highest BCUT2D eigenvalue weighted by Crippen LogP contribution is 2.51. The van der Waals surface area contributed by atoms with Crippen molar-refractivity contribution in [2.45, 2.75) is 33.1 Å². The summed E-state index contributed by atoms with van der Waals surface area (Å²) in [6.45, 7) is 14.2. The molecule has 2 unspecified atom stereocenters. The van der Waals surface area contributed by atoms with Crippen LogP contribution in [-0.4, -0.2) is 9.97 Å². The van der Waals surface area contributed by atoms with Crippen molar-refractivity contribution in [1.82, 2.24) is 9.97 Å². The van der Waals surface area contributed by atoms with E-state index in [0.717, 1.165) is 34.6 Å². The van der Waals surface area contributed by atoms with E-state index in [1.165, 1.54) is 11.1 Å². The van der Waals surface area contributed by atoms with Gasteiger partial charge in [0.1, 0.15) is 5.52 Å². The minimum atomic E-state index is 0.240. The monoisotopic (exact) mass is 360 g/mol. The Labute approximate surface area is 159 Å². The van der Waals surface area contributed by atoms with E-state index in [0.29, 0.717) is 17.3 Å². The van der Waals surface area contributed by atoms with E-state index in [2.05, 4.69) is 55.5 Å². The lowest BCUT2D eigenvalue weighted by atomic mass is 10.0. The first kappa shape index (κ1) is 17.3. The van der Waals surface area contributed by atoms with E-state index in [4.69, 9.17) is 15.1 Å². The molecule has 1 aliphatic carbocycles. The highest BCUT2D eigenvalue weighted by molar-refractivity contribution is 5.83. The Morgan fingerprint density at radius 3 is 2.52 bits per heavy atom. The molecule has 4 rings (SSSR count). The number of hydrogen-bond acceptors (Lipinski definition) is 5. The molecule has 0 spiro atoms. The molecular formula is C22H24N4O. The largest absolute Gasteiger partial charge is 0.423 e. The van der Waals surface area contributed by atoms with Crippen molar-refractivity contribution in [2.24, 2.45) is 11.7 Å². The first-order chi connectivity index (χ1) is 12.8. The molecule has 1 fully saturated rings. The number of allylic oxidation sites excluding steroid dienone is 1. The van der Waals surface area contributed by atoms with Gasteiger partial charge in [0.25, 0.3) is 0 Å². The van der Waals surface area contributed by atoms with E-state index in [9.17, 15) is 0 Å². The third-order valence-corrected chi connectivity index (χ3v) is 5.22. The van der Waals surface area contributed by atoms with Gasteiger partial charge in [-0.15, -0.1) is 0 Å². The molecule has 138 valence electrons. The van der Waals surface area contributed by atoms with Gasteiger partial charge in [0, 0.05) is 41.4 Å². The molecule has 0 aliphatic heterocycles. The average molecular weight is 360 g/mol. The normalized spacial score (nSPS) is 18.5. The number of oxazole rings is 1. The first-order valence-electron chi connectivity index (χ1n) is 9.10. The van der Waals surface area contributed by atoms with E-state index >= 15 is 0 Å². The van der Waals surface area contributed by atoms with Gasteiger partial charge < -0.3 is 15.5 Å². The molecule has 2 heterocycles. The maximum Gasteiger partial charge on any atom is 0.247 e. The smallest absolute Gasteiger partial charge is 0.247 e. The summed E-state index contributed by atoms with van der Waals surface area (Å²) < 4.78 is 5.65.